The van der Waals surface area contributed by atoms with Crippen LogP contribution < -0.4 is 0 Å². The first kappa shape index (κ1) is 36.9. The Bertz CT molecular complexity index is 3950. The van der Waals surface area contributed by atoms with Gasteiger partial charge in [0.1, 0.15) is 0 Å². The van der Waals surface area contributed by atoms with Crippen LogP contribution in [0.25, 0.3) is 129 Å². The molecule has 3 aromatic heterocycles. The topological polar surface area (TPSA) is 25.8 Å². The summed E-state index contributed by atoms with van der Waals surface area (Å²) >= 11 is 3.73. The Morgan fingerprint density at radius 1 is 0.266 bits per heavy atom. The second-order valence-corrected chi connectivity index (χ2v) is 18.5. The van der Waals surface area contributed by atoms with E-state index in [1.54, 1.807) is 0 Å². The van der Waals surface area contributed by atoms with Crippen molar-refractivity contribution < 1.29 is 0 Å². The van der Waals surface area contributed by atoms with E-state index in [-0.39, 0.29) is 0 Å². The highest BCUT2D eigenvalue weighted by atomic mass is 32.1. The Morgan fingerprint density at radius 3 is 1.55 bits per heavy atom. The van der Waals surface area contributed by atoms with Crippen LogP contribution in [0.5, 0.6) is 0 Å². The predicted molar refractivity (Wildman–Crippen MR) is 275 cm³/mol. The molecule has 0 amide bonds. The van der Waals surface area contributed by atoms with Crippen LogP contribution in [-0.4, -0.2) is 9.97 Å². The molecule has 0 aliphatic carbocycles. The first-order chi connectivity index (χ1) is 31.7. The third-order valence-electron chi connectivity index (χ3n) is 12.7. The summed E-state index contributed by atoms with van der Waals surface area (Å²) in [7, 11) is 0. The van der Waals surface area contributed by atoms with Gasteiger partial charge in [-0.15, -0.1) is 22.7 Å². The maximum atomic E-state index is 5.46. The standard InChI is InChI=1S/C60H36N2S2/c1-2-14-39(15-3-1)60-61-54(38-30-28-37(29-31-38)52-34-40-16-4-5-17-42(40)44-18-6-7-19-45(44)52)36-55(62-60)53-35-41(43-22-12-24-50-47-20-8-10-26-56(47)63-58(43)50)32-33-46(53)49-23-13-25-51-48-21-9-11-27-57(48)64-59(49)51/h1-36H. The number of rotatable bonds is 6. The van der Waals surface area contributed by atoms with Gasteiger partial charge in [0, 0.05) is 62.6 Å². The molecule has 10 aromatic carbocycles. The minimum Gasteiger partial charge on any atom is -0.228 e. The van der Waals surface area contributed by atoms with Gasteiger partial charge in [-0.1, -0.05) is 188 Å². The van der Waals surface area contributed by atoms with Crippen LogP contribution in [0.1, 0.15) is 0 Å². The molecule has 0 aliphatic heterocycles. The fourth-order valence-corrected chi connectivity index (χ4v) is 12.1. The number of hydrogen-bond acceptors (Lipinski definition) is 4. The van der Waals surface area contributed by atoms with Gasteiger partial charge in [-0.05, 0) is 79.7 Å². The van der Waals surface area contributed by atoms with Gasteiger partial charge in [0.2, 0.25) is 0 Å². The van der Waals surface area contributed by atoms with E-state index in [4.69, 9.17) is 9.97 Å². The number of fused-ring (bicyclic) bond motifs is 9. The number of thiophene rings is 2. The molecule has 0 bridgehead atoms. The molecule has 0 atom stereocenters. The van der Waals surface area contributed by atoms with E-state index in [2.05, 4.69) is 212 Å². The molecule has 4 heteroatoms. The lowest BCUT2D eigenvalue weighted by Crippen LogP contribution is -1.97. The molecule has 13 aromatic rings. The van der Waals surface area contributed by atoms with E-state index in [1.165, 1.54) is 84.1 Å². The Labute approximate surface area is 378 Å². The van der Waals surface area contributed by atoms with Crippen LogP contribution in [0.15, 0.2) is 218 Å². The third-order valence-corrected chi connectivity index (χ3v) is 15.2. The number of hydrogen-bond donors (Lipinski definition) is 0. The van der Waals surface area contributed by atoms with E-state index in [1.807, 2.05) is 28.7 Å². The molecule has 298 valence electrons. The van der Waals surface area contributed by atoms with Crippen LogP contribution in [-0.2, 0) is 0 Å². The molecule has 0 aliphatic rings. The summed E-state index contributed by atoms with van der Waals surface area (Å²) in [5.41, 5.74) is 12.0. The second kappa shape index (κ2) is 15.0. The highest BCUT2D eigenvalue weighted by Crippen LogP contribution is 2.46. The summed E-state index contributed by atoms with van der Waals surface area (Å²) in [5.74, 6) is 0.695. The molecular weight excluding hydrogens is 813 g/mol. The SMILES string of the molecule is c1ccc(-c2nc(-c3ccc(-c4cc5ccccc5c5ccccc45)cc3)cc(-c3cc(-c4cccc5c4sc4ccccc45)ccc3-c3cccc4c3sc3ccccc34)n2)cc1. The number of benzene rings is 10. The van der Waals surface area contributed by atoms with E-state index in [0.717, 1.165) is 39.2 Å². The minimum absolute atomic E-state index is 0.695. The van der Waals surface area contributed by atoms with Crippen LogP contribution in [0.2, 0.25) is 0 Å². The lowest BCUT2D eigenvalue weighted by atomic mass is 9.91. The van der Waals surface area contributed by atoms with Gasteiger partial charge in [-0.3, -0.25) is 0 Å². The van der Waals surface area contributed by atoms with Crippen molar-refractivity contribution in [2.45, 2.75) is 0 Å². The van der Waals surface area contributed by atoms with Crippen LogP contribution in [0, 0.1) is 0 Å². The van der Waals surface area contributed by atoms with E-state index in [0.29, 0.717) is 5.82 Å². The monoisotopic (exact) mass is 848 g/mol. The minimum atomic E-state index is 0.695. The van der Waals surface area contributed by atoms with Crippen LogP contribution in [0.4, 0.5) is 0 Å². The zero-order valence-electron chi connectivity index (χ0n) is 34.5. The van der Waals surface area contributed by atoms with Gasteiger partial charge in [0.05, 0.1) is 11.4 Å². The van der Waals surface area contributed by atoms with Crippen LogP contribution in [0.3, 0.4) is 0 Å². The maximum absolute atomic E-state index is 5.46. The average molecular weight is 849 g/mol. The van der Waals surface area contributed by atoms with Crippen molar-refractivity contribution in [1.82, 2.24) is 9.97 Å². The van der Waals surface area contributed by atoms with Gasteiger partial charge in [-0.2, -0.15) is 0 Å². The summed E-state index contributed by atoms with van der Waals surface area (Å²) in [6, 6.07) is 79.2. The Hall–Kier alpha value is -7.76. The molecule has 0 unspecified atom stereocenters. The molecule has 0 saturated carbocycles. The smallest absolute Gasteiger partial charge is 0.160 e. The van der Waals surface area contributed by atoms with E-state index >= 15 is 0 Å². The highest BCUT2D eigenvalue weighted by Gasteiger charge is 2.20. The van der Waals surface area contributed by atoms with Crippen molar-refractivity contribution >= 4 is 84.6 Å². The summed E-state index contributed by atoms with van der Waals surface area (Å²) in [5, 5.41) is 10.2. The highest BCUT2D eigenvalue weighted by molar-refractivity contribution is 7.26. The molecule has 0 spiro atoms. The summed E-state index contributed by atoms with van der Waals surface area (Å²) in [6.45, 7) is 0. The van der Waals surface area contributed by atoms with Gasteiger partial charge in [0.25, 0.3) is 0 Å². The first-order valence-electron chi connectivity index (χ1n) is 21.6. The quantitative estimate of drug-likeness (QED) is 0.156. The van der Waals surface area contributed by atoms with E-state index < -0.39 is 0 Å². The summed E-state index contributed by atoms with van der Waals surface area (Å²) in [4.78, 5) is 10.8. The van der Waals surface area contributed by atoms with Gasteiger partial charge in [0.15, 0.2) is 5.82 Å². The molecule has 0 N–H and O–H groups in total. The Morgan fingerprint density at radius 2 is 0.812 bits per heavy atom. The zero-order valence-corrected chi connectivity index (χ0v) is 36.1. The van der Waals surface area contributed by atoms with Gasteiger partial charge in [-0.25, -0.2) is 9.97 Å². The maximum Gasteiger partial charge on any atom is 0.160 e. The molecule has 0 radical (unpaired) electrons. The number of nitrogens with zero attached hydrogens (tertiary/aromatic N) is 2. The van der Waals surface area contributed by atoms with Crippen molar-refractivity contribution in [3.63, 3.8) is 0 Å². The summed E-state index contributed by atoms with van der Waals surface area (Å²) in [6.07, 6.45) is 0. The lowest BCUT2D eigenvalue weighted by Gasteiger charge is -2.16. The molecule has 0 fully saturated rings. The largest absolute Gasteiger partial charge is 0.228 e. The van der Waals surface area contributed by atoms with Crippen LogP contribution >= 0.6 is 22.7 Å². The molecule has 0 saturated heterocycles. The molecule has 64 heavy (non-hydrogen) atoms. The summed E-state index contributed by atoms with van der Waals surface area (Å²) < 4.78 is 5.15. The Balaban J connectivity index is 1.03. The average Bonchev–Trinajstić information content (AvgIpc) is 3.95. The lowest BCUT2D eigenvalue weighted by molar-refractivity contribution is 1.18. The van der Waals surface area contributed by atoms with Gasteiger partial charge < -0.3 is 0 Å². The zero-order chi connectivity index (χ0) is 42.1. The predicted octanol–water partition coefficient (Wildman–Crippen LogP) is 17.5. The Kier molecular flexibility index (Phi) is 8.61. The van der Waals surface area contributed by atoms with E-state index in [9.17, 15) is 0 Å². The van der Waals surface area contributed by atoms with Crippen molar-refractivity contribution in [1.29, 1.82) is 0 Å². The second-order valence-electron chi connectivity index (χ2n) is 16.4. The number of aromatic nitrogens is 2. The fourth-order valence-electron chi connectivity index (χ4n) is 9.66. The molecular formula is C60H36N2S2. The molecule has 2 nitrogen and oxygen atoms in total. The van der Waals surface area contributed by atoms with Crippen molar-refractivity contribution in [3.8, 4) is 67.3 Å². The van der Waals surface area contributed by atoms with Gasteiger partial charge >= 0.3 is 0 Å². The third kappa shape index (κ3) is 6.06. The fraction of sp³-hybridized carbons (Fsp3) is 0. The van der Waals surface area contributed by atoms with Crippen molar-refractivity contribution in [2.24, 2.45) is 0 Å². The first-order valence-corrected chi connectivity index (χ1v) is 23.3. The normalized spacial score (nSPS) is 11.8. The molecule has 3 heterocycles. The van der Waals surface area contributed by atoms with Crippen molar-refractivity contribution in [2.75, 3.05) is 0 Å². The van der Waals surface area contributed by atoms with Crippen molar-refractivity contribution in [3.05, 3.63) is 218 Å². The molecule has 13 rings (SSSR count).